The van der Waals surface area contributed by atoms with Crippen LogP contribution < -0.4 is 4.74 Å². The number of imide groups is 1. The zero-order chi connectivity index (χ0) is 20.3. The van der Waals surface area contributed by atoms with Crippen molar-refractivity contribution in [3.05, 3.63) is 65.1 Å². The summed E-state index contributed by atoms with van der Waals surface area (Å²) in [6, 6.07) is 11.6. The molecule has 0 spiro atoms. The Balaban J connectivity index is 1.81. The second kappa shape index (κ2) is 9.33. The molecule has 0 radical (unpaired) electrons. The van der Waals surface area contributed by atoms with E-state index in [9.17, 15) is 9.59 Å². The van der Waals surface area contributed by atoms with Crippen LogP contribution in [0, 0.1) is 26.4 Å². The highest BCUT2D eigenvalue weighted by atomic mass is 127. The van der Waals surface area contributed by atoms with Crippen molar-refractivity contribution >= 4 is 74.2 Å². The number of aryl methyl sites for hydroxylation is 1. The van der Waals surface area contributed by atoms with Gasteiger partial charge in [0.15, 0.2) is 0 Å². The second-order valence-electron chi connectivity index (χ2n) is 6.06. The number of amides is 2. The quantitative estimate of drug-likeness (QED) is 0.255. The molecule has 0 aromatic heterocycles. The van der Waals surface area contributed by atoms with Crippen LogP contribution in [0.3, 0.4) is 0 Å². The van der Waals surface area contributed by atoms with Gasteiger partial charge in [-0.15, -0.1) is 6.42 Å². The Hall–Kier alpha value is -1.51. The Morgan fingerprint density at radius 3 is 2.43 bits per heavy atom. The van der Waals surface area contributed by atoms with Gasteiger partial charge in [0.05, 0.1) is 18.6 Å². The molecule has 142 valence electrons. The van der Waals surface area contributed by atoms with Gasteiger partial charge in [-0.1, -0.05) is 35.7 Å². The van der Waals surface area contributed by atoms with Crippen LogP contribution in [-0.4, -0.2) is 22.7 Å². The van der Waals surface area contributed by atoms with E-state index in [0.717, 1.165) is 41.3 Å². The third-order valence-corrected chi connectivity index (χ3v) is 6.46. The first-order chi connectivity index (χ1) is 13.4. The van der Waals surface area contributed by atoms with E-state index < -0.39 is 0 Å². The van der Waals surface area contributed by atoms with E-state index in [1.807, 2.05) is 43.3 Å². The van der Waals surface area contributed by atoms with E-state index >= 15 is 0 Å². The van der Waals surface area contributed by atoms with E-state index in [1.165, 1.54) is 4.90 Å². The number of ether oxygens (including phenoxy) is 1. The number of benzene rings is 2. The Kier molecular flexibility index (Phi) is 7.06. The average Bonchev–Trinajstić information content (AvgIpc) is 2.90. The van der Waals surface area contributed by atoms with Crippen molar-refractivity contribution in [3.8, 4) is 18.1 Å². The number of rotatable bonds is 5. The number of hydrogen-bond acceptors (Lipinski definition) is 4. The third kappa shape index (κ3) is 4.90. The first kappa shape index (κ1) is 21.2. The summed E-state index contributed by atoms with van der Waals surface area (Å²) in [5.41, 5.74) is 2.90. The molecule has 28 heavy (non-hydrogen) atoms. The molecule has 0 saturated carbocycles. The van der Waals surface area contributed by atoms with Crippen LogP contribution in [0.5, 0.6) is 5.75 Å². The van der Waals surface area contributed by atoms with E-state index in [1.54, 1.807) is 6.08 Å². The maximum atomic E-state index is 12.7. The molecular weight excluding hydrogens is 600 g/mol. The molecule has 2 aromatic rings. The lowest BCUT2D eigenvalue weighted by molar-refractivity contribution is -0.123. The summed E-state index contributed by atoms with van der Waals surface area (Å²) < 4.78 is 7.35. The number of terminal acetylenes is 1. The van der Waals surface area contributed by atoms with Gasteiger partial charge < -0.3 is 4.74 Å². The molecule has 0 aliphatic carbocycles. The summed E-state index contributed by atoms with van der Waals surface area (Å²) in [6.45, 7) is 2.47. The Bertz CT molecular complexity index is 986. The van der Waals surface area contributed by atoms with Gasteiger partial charge in [-0.2, -0.15) is 0 Å². The lowest BCUT2D eigenvalue weighted by Gasteiger charge is -2.12. The van der Waals surface area contributed by atoms with Crippen molar-refractivity contribution in [1.82, 2.24) is 4.90 Å². The van der Waals surface area contributed by atoms with Crippen molar-refractivity contribution < 1.29 is 14.3 Å². The molecule has 0 atom stereocenters. The predicted molar refractivity (Wildman–Crippen MR) is 129 cm³/mol. The SMILES string of the molecule is C#CCOc1c(I)cc(/C=C2/SC(=O)N(Cc3ccc(C)cc3)C2=O)cc1I. The van der Waals surface area contributed by atoms with Gasteiger partial charge in [0.1, 0.15) is 12.4 Å². The summed E-state index contributed by atoms with van der Waals surface area (Å²) in [5, 5.41) is -0.254. The summed E-state index contributed by atoms with van der Waals surface area (Å²) in [4.78, 5) is 26.8. The van der Waals surface area contributed by atoms with Crippen LogP contribution in [0.2, 0.25) is 0 Å². The number of nitrogens with zero attached hydrogens (tertiary/aromatic N) is 1. The van der Waals surface area contributed by atoms with E-state index in [-0.39, 0.29) is 24.3 Å². The summed E-state index contributed by atoms with van der Waals surface area (Å²) in [7, 11) is 0. The molecule has 1 saturated heterocycles. The van der Waals surface area contributed by atoms with Gasteiger partial charge in [-0.3, -0.25) is 14.5 Å². The van der Waals surface area contributed by atoms with Gasteiger partial charge >= 0.3 is 0 Å². The molecule has 0 N–H and O–H groups in total. The number of thioether (sulfide) groups is 1. The minimum atomic E-state index is -0.270. The molecule has 7 heteroatoms. The smallest absolute Gasteiger partial charge is 0.293 e. The molecule has 2 aromatic carbocycles. The fourth-order valence-corrected chi connectivity index (χ4v) is 5.54. The lowest BCUT2D eigenvalue weighted by atomic mass is 10.1. The Morgan fingerprint density at radius 1 is 1.18 bits per heavy atom. The van der Waals surface area contributed by atoms with Crippen LogP contribution in [0.1, 0.15) is 16.7 Å². The standard InChI is InChI=1S/C21H15I2NO3S/c1-3-8-27-19-16(22)9-15(10-17(19)23)11-18-20(25)24(21(26)28-18)12-14-6-4-13(2)5-7-14/h1,4-7,9-11H,8,12H2,2H3/b18-11+. The lowest BCUT2D eigenvalue weighted by Crippen LogP contribution is -2.27. The molecule has 1 heterocycles. The normalized spacial score (nSPS) is 15.2. The first-order valence-corrected chi connectivity index (χ1v) is 11.2. The zero-order valence-corrected chi connectivity index (χ0v) is 20.0. The summed E-state index contributed by atoms with van der Waals surface area (Å²) in [5.74, 6) is 2.91. The van der Waals surface area contributed by atoms with Crippen molar-refractivity contribution in [2.24, 2.45) is 0 Å². The van der Waals surface area contributed by atoms with Gasteiger partial charge in [0.25, 0.3) is 11.1 Å². The number of carbonyl (C=O) groups is 2. The highest BCUT2D eigenvalue weighted by molar-refractivity contribution is 14.1. The van der Waals surface area contributed by atoms with Gasteiger partial charge in [0.2, 0.25) is 0 Å². The molecule has 2 amide bonds. The molecule has 1 aliphatic heterocycles. The van der Waals surface area contributed by atoms with Crippen LogP contribution in [0.25, 0.3) is 6.08 Å². The van der Waals surface area contributed by atoms with Gasteiger partial charge in [-0.05, 0) is 93.2 Å². The van der Waals surface area contributed by atoms with E-state index in [0.29, 0.717) is 4.91 Å². The predicted octanol–water partition coefficient (Wildman–Crippen LogP) is 5.45. The minimum Gasteiger partial charge on any atom is -0.479 e. The highest BCUT2D eigenvalue weighted by Gasteiger charge is 2.35. The van der Waals surface area contributed by atoms with Crippen LogP contribution >= 0.6 is 56.9 Å². The molecule has 1 fully saturated rings. The highest BCUT2D eigenvalue weighted by Crippen LogP contribution is 2.35. The Labute approximate surface area is 195 Å². The van der Waals surface area contributed by atoms with Gasteiger partial charge in [0, 0.05) is 0 Å². The minimum absolute atomic E-state index is 0.198. The number of carbonyl (C=O) groups excluding carboxylic acids is 2. The Morgan fingerprint density at radius 2 is 1.82 bits per heavy atom. The fraction of sp³-hybridized carbons (Fsp3) is 0.143. The fourth-order valence-electron chi connectivity index (χ4n) is 2.58. The average molecular weight is 615 g/mol. The van der Waals surface area contributed by atoms with Crippen molar-refractivity contribution in [1.29, 1.82) is 0 Å². The summed E-state index contributed by atoms with van der Waals surface area (Å²) in [6.07, 6.45) is 7.00. The third-order valence-electron chi connectivity index (χ3n) is 3.95. The van der Waals surface area contributed by atoms with Crippen molar-refractivity contribution in [3.63, 3.8) is 0 Å². The molecule has 3 rings (SSSR count). The van der Waals surface area contributed by atoms with Crippen LogP contribution in [-0.2, 0) is 11.3 Å². The van der Waals surface area contributed by atoms with Crippen LogP contribution in [0.15, 0.2) is 41.3 Å². The maximum Gasteiger partial charge on any atom is 0.293 e. The van der Waals surface area contributed by atoms with E-state index in [2.05, 4.69) is 51.1 Å². The monoisotopic (exact) mass is 615 g/mol. The summed E-state index contributed by atoms with van der Waals surface area (Å²) >= 11 is 5.31. The number of hydrogen-bond donors (Lipinski definition) is 0. The number of halogens is 2. The topological polar surface area (TPSA) is 46.6 Å². The maximum absolute atomic E-state index is 12.7. The molecule has 1 aliphatic rings. The zero-order valence-electron chi connectivity index (χ0n) is 14.9. The molecule has 4 nitrogen and oxygen atoms in total. The molecule has 0 unspecified atom stereocenters. The van der Waals surface area contributed by atoms with E-state index in [4.69, 9.17) is 11.2 Å². The van der Waals surface area contributed by atoms with Gasteiger partial charge in [-0.25, -0.2) is 0 Å². The van der Waals surface area contributed by atoms with Crippen molar-refractivity contribution in [2.45, 2.75) is 13.5 Å². The molecule has 0 bridgehead atoms. The second-order valence-corrected chi connectivity index (χ2v) is 9.38. The largest absolute Gasteiger partial charge is 0.479 e. The molecular formula is C21H15I2NO3S. The van der Waals surface area contributed by atoms with Crippen LogP contribution in [0.4, 0.5) is 4.79 Å². The van der Waals surface area contributed by atoms with Crippen molar-refractivity contribution in [2.75, 3.05) is 6.61 Å². The first-order valence-electron chi connectivity index (χ1n) is 8.25.